The van der Waals surface area contributed by atoms with E-state index in [1.807, 2.05) is 12.1 Å². The largest absolute Gasteiger partial charge is 0.444 e. The predicted molar refractivity (Wildman–Crippen MR) is 125 cm³/mol. The predicted octanol–water partition coefficient (Wildman–Crippen LogP) is 3.17. The Morgan fingerprint density at radius 1 is 1.24 bits per heavy atom. The van der Waals surface area contributed by atoms with Crippen molar-refractivity contribution in [3.05, 3.63) is 41.8 Å². The Labute approximate surface area is 189 Å². The van der Waals surface area contributed by atoms with E-state index in [9.17, 15) is 0 Å². The number of nitrogens with zero attached hydrogens (tertiary/aromatic N) is 2. The second-order valence-corrected chi connectivity index (χ2v) is 6.90. The molecule has 0 aliphatic carbocycles. The van der Waals surface area contributed by atoms with Gasteiger partial charge in [-0.3, -0.25) is 4.99 Å². The van der Waals surface area contributed by atoms with Gasteiger partial charge < -0.3 is 24.5 Å². The normalized spacial score (nSPS) is 16.5. The number of rotatable bonds is 9. The van der Waals surface area contributed by atoms with Gasteiger partial charge in [-0.25, -0.2) is 4.98 Å². The van der Waals surface area contributed by atoms with Gasteiger partial charge in [0.1, 0.15) is 6.26 Å². The number of aromatic nitrogens is 1. The molecule has 8 heteroatoms. The number of aliphatic imine (C=N–C) groups is 1. The molecule has 0 amide bonds. The highest BCUT2D eigenvalue weighted by Gasteiger charge is 2.15. The average molecular weight is 514 g/mol. The molecule has 1 saturated heterocycles. The summed E-state index contributed by atoms with van der Waals surface area (Å²) >= 11 is 0. The van der Waals surface area contributed by atoms with Crippen LogP contribution < -0.4 is 10.6 Å². The summed E-state index contributed by atoms with van der Waals surface area (Å²) < 4.78 is 16.7. The number of aryl methyl sites for hydroxylation is 1. The first kappa shape index (κ1) is 23.6. The summed E-state index contributed by atoms with van der Waals surface area (Å²) in [6.07, 6.45) is 4.69. The molecule has 1 fully saturated rings. The van der Waals surface area contributed by atoms with Crippen molar-refractivity contribution in [2.24, 2.45) is 4.99 Å². The summed E-state index contributed by atoms with van der Waals surface area (Å²) in [4.78, 5) is 8.81. The van der Waals surface area contributed by atoms with Gasteiger partial charge in [-0.2, -0.15) is 0 Å². The fourth-order valence-corrected chi connectivity index (χ4v) is 2.95. The molecule has 0 spiro atoms. The van der Waals surface area contributed by atoms with Gasteiger partial charge in [-0.1, -0.05) is 17.7 Å². The van der Waals surface area contributed by atoms with E-state index in [0.29, 0.717) is 5.89 Å². The monoisotopic (exact) mass is 514 g/mol. The van der Waals surface area contributed by atoms with E-state index in [2.05, 4.69) is 39.7 Å². The molecule has 2 aromatic rings. The van der Waals surface area contributed by atoms with E-state index < -0.39 is 0 Å². The Balaban J connectivity index is 0.00000300. The van der Waals surface area contributed by atoms with Gasteiger partial charge >= 0.3 is 0 Å². The smallest absolute Gasteiger partial charge is 0.226 e. The Morgan fingerprint density at radius 3 is 2.76 bits per heavy atom. The SMILES string of the molecule is CN=C(NCCCOC1CCOC1)NCCc1coc(-c2ccc(C)cc2)n1.I. The first-order chi connectivity index (χ1) is 13.7. The van der Waals surface area contributed by atoms with Crippen molar-refractivity contribution in [1.82, 2.24) is 15.6 Å². The minimum absolute atomic E-state index is 0. The lowest BCUT2D eigenvalue weighted by Gasteiger charge is -2.12. The maximum atomic E-state index is 5.76. The first-order valence-electron chi connectivity index (χ1n) is 9.90. The van der Waals surface area contributed by atoms with Gasteiger partial charge in [0.15, 0.2) is 5.96 Å². The highest BCUT2D eigenvalue weighted by molar-refractivity contribution is 14.0. The number of hydrogen-bond acceptors (Lipinski definition) is 5. The van der Waals surface area contributed by atoms with E-state index in [0.717, 1.165) is 69.4 Å². The van der Waals surface area contributed by atoms with Gasteiger partial charge in [0.2, 0.25) is 5.89 Å². The van der Waals surface area contributed by atoms with Crippen LogP contribution in [-0.2, 0) is 15.9 Å². The van der Waals surface area contributed by atoms with Crippen molar-refractivity contribution in [1.29, 1.82) is 0 Å². The zero-order valence-electron chi connectivity index (χ0n) is 17.1. The molecule has 1 unspecified atom stereocenters. The van der Waals surface area contributed by atoms with Gasteiger partial charge in [-0.15, -0.1) is 24.0 Å². The van der Waals surface area contributed by atoms with Crippen LogP contribution in [0.5, 0.6) is 0 Å². The van der Waals surface area contributed by atoms with Gasteiger partial charge in [0.25, 0.3) is 0 Å². The topological polar surface area (TPSA) is 80.9 Å². The third-order valence-electron chi connectivity index (χ3n) is 4.60. The van der Waals surface area contributed by atoms with Crippen LogP contribution >= 0.6 is 24.0 Å². The lowest BCUT2D eigenvalue weighted by Crippen LogP contribution is -2.39. The fraction of sp³-hybridized carbons (Fsp3) is 0.524. The van der Waals surface area contributed by atoms with Crippen LogP contribution in [0.3, 0.4) is 0 Å². The van der Waals surface area contributed by atoms with Crippen LogP contribution in [0.25, 0.3) is 11.5 Å². The number of ether oxygens (including phenoxy) is 2. The number of nitrogens with one attached hydrogen (secondary N) is 2. The Kier molecular flexibility index (Phi) is 10.4. The molecule has 29 heavy (non-hydrogen) atoms. The summed E-state index contributed by atoms with van der Waals surface area (Å²) in [7, 11) is 1.77. The average Bonchev–Trinajstić information content (AvgIpc) is 3.39. The van der Waals surface area contributed by atoms with Gasteiger partial charge in [-0.05, 0) is 31.9 Å². The molecular formula is C21H31IN4O3. The van der Waals surface area contributed by atoms with Crippen LogP contribution in [0.15, 0.2) is 39.9 Å². The van der Waals surface area contributed by atoms with Crippen molar-refractivity contribution in [3.63, 3.8) is 0 Å². The highest BCUT2D eigenvalue weighted by Crippen LogP contribution is 2.19. The summed E-state index contributed by atoms with van der Waals surface area (Å²) in [5.41, 5.74) is 3.14. The van der Waals surface area contributed by atoms with E-state index >= 15 is 0 Å². The fourth-order valence-electron chi connectivity index (χ4n) is 2.95. The van der Waals surface area contributed by atoms with Crippen molar-refractivity contribution in [3.8, 4) is 11.5 Å². The second-order valence-electron chi connectivity index (χ2n) is 6.90. The zero-order valence-corrected chi connectivity index (χ0v) is 19.5. The van der Waals surface area contributed by atoms with Crippen molar-refractivity contribution >= 4 is 29.9 Å². The number of benzene rings is 1. The van der Waals surface area contributed by atoms with Gasteiger partial charge in [0, 0.05) is 45.3 Å². The minimum Gasteiger partial charge on any atom is -0.444 e. The number of oxazole rings is 1. The molecule has 0 bridgehead atoms. The molecule has 160 valence electrons. The minimum atomic E-state index is 0. The van der Waals surface area contributed by atoms with Crippen LogP contribution in [0.4, 0.5) is 0 Å². The van der Waals surface area contributed by atoms with Crippen molar-refractivity contribution in [2.45, 2.75) is 32.3 Å². The number of hydrogen-bond donors (Lipinski definition) is 2. The Bertz CT molecular complexity index is 743. The van der Waals surface area contributed by atoms with E-state index in [-0.39, 0.29) is 30.1 Å². The molecule has 1 aromatic heterocycles. The molecule has 0 saturated carbocycles. The van der Waals surface area contributed by atoms with Crippen LogP contribution in [0.1, 0.15) is 24.1 Å². The molecule has 2 N–H and O–H groups in total. The number of halogens is 1. The van der Waals surface area contributed by atoms with Gasteiger partial charge in [0.05, 0.1) is 18.4 Å². The van der Waals surface area contributed by atoms with Crippen molar-refractivity contribution in [2.75, 3.05) is 40.0 Å². The molecular weight excluding hydrogens is 483 g/mol. The maximum Gasteiger partial charge on any atom is 0.226 e. The standard InChI is InChI=1S/C21H30N4O3.HI/c1-16-4-6-17(7-5-16)20-25-18(14-28-20)8-11-24-21(22-2)23-10-3-12-27-19-9-13-26-15-19;/h4-7,14,19H,3,8-13,15H2,1-2H3,(H2,22,23,24);1H. The summed E-state index contributed by atoms with van der Waals surface area (Å²) in [5.74, 6) is 1.44. The maximum absolute atomic E-state index is 5.76. The van der Waals surface area contributed by atoms with E-state index in [4.69, 9.17) is 13.9 Å². The lowest BCUT2D eigenvalue weighted by atomic mass is 10.1. The summed E-state index contributed by atoms with van der Waals surface area (Å²) in [6.45, 7) is 5.89. The van der Waals surface area contributed by atoms with Crippen LogP contribution in [0, 0.1) is 6.92 Å². The van der Waals surface area contributed by atoms with E-state index in [1.54, 1.807) is 13.3 Å². The van der Waals surface area contributed by atoms with Crippen LogP contribution in [-0.4, -0.2) is 57.0 Å². The first-order valence-corrected chi connectivity index (χ1v) is 9.90. The quantitative estimate of drug-likeness (QED) is 0.232. The van der Waals surface area contributed by atoms with Crippen molar-refractivity contribution < 1.29 is 13.9 Å². The third kappa shape index (κ3) is 7.94. The highest BCUT2D eigenvalue weighted by atomic mass is 127. The molecule has 7 nitrogen and oxygen atoms in total. The molecule has 2 heterocycles. The van der Waals surface area contributed by atoms with E-state index in [1.165, 1.54) is 5.56 Å². The Hall–Kier alpha value is -1.65. The molecule has 1 atom stereocenters. The molecule has 1 aliphatic rings. The van der Waals surface area contributed by atoms with Crippen LogP contribution in [0.2, 0.25) is 0 Å². The summed E-state index contributed by atoms with van der Waals surface area (Å²) in [6, 6.07) is 8.17. The second kappa shape index (κ2) is 12.8. The Morgan fingerprint density at radius 2 is 2.03 bits per heavy atom. The molecule has 1 aliphatic heterocycles. The lowest BCUT2D eigenvalue weighted by molar-refractivity contribution is 0.0420. The molecule has 0 radical (unpaired) electrons. The summed E-state index contributed by atoms with van der Waals surface area (Å²) in [5, 5.41) is 6.60. The zero-order chi connectivity index (χ0) is 19.6. The molecule has 3 rings (SSSR count). The third-order valence-corrected chi connectivity index (χ3v) is 4.60. The molecule has 1 aromatic carbocycles. The number of guanidine groups is 1.